The summed E-state index contributed by atoms with van der Waals surface area (Å²) in [6.45, 7) is 2.21. The van der Waals surface area contributed by atoms with Gasteiger partial charge in [0.25, 0.3) is 5.91 Å². The minimum atomic E-state index is -0.432. The molecule has 6 heteroatoms. The quantitative estimate of drug-likeness (QED) is 0.895. The van der Waals surface area contributed by atoms with Gasteiger partial charge in [-0.3, -0.25) is 4.79 Å². The van der Waals surface area contributed by atoms with E-state index in [2.05, 4.69) is 5.32 Å². The van der Waals surface area contributed by atoms with Gasteiger partial charge in [-0.05, 0) is 5.56 Å². The number of aromatic nitrogens is 1. The van der Waals surface area contributed by atoms with Crippen molar-refractivity contribution in [3.63, 3.8) is 0 Å². The lowest BCUT2D eigenvalue weighted by molar-refractivity contribution is 0.0999. The molecule has 0 unspecified atom stereocenters. The van der Waals surface area contributed by atoms with E-state index in [1.54, 1.807) is 0 Å². The van der Waals surface area contributed by atoms with Gasteiger partial charge in [-0.2, -0.15) is 0 Å². The third-order valence-electron chi connectivity index (χ3n) is 3.42. The van der Waals surface area contributed by atoms with Crippen LogP contribution in [0.4, 0.5) is 0 Å². The zero-order chi connectivity index (χ0) is 13.4. The summed E-state index contributed by atoms with van der Waals surface area (Å²) >= 11 is 6.45. The van der Waals surface area contributed by atoms with Crippen LogP contribution in [-0.4, -0.2) is 17.0 Å². The van der Waals surface area contributed by atoms with Gasteiger partial charge in [0.2, 0.25) is 0 Å². The van der Waals surface area contributed by atoms with Crippen molar-refractivity contribution < 1.29 is 4.79 Å². The normalized spacial score (nSPS) is 13.4. The molecule has 106 valence electrons. The van der Waals surface area contributed by atoms with Gasteiger partial charge in [-0.25, -0.2) is 0 Å². The molecular weight excluding hydrogens is 297 g/mol. The van der Waals surface area contributed by atoms with Gasteiger partial charge in [0.05, 0.1) is 5.56 Å². The molecule has 0 spiro atoms. The Morgan fingerprint density at radius 1 is 1.30 bits per heavy atom. The van der Waals surface area contributed by atoms with Gasteiger partial charge >= 0.3 is 0 Å². The van der Waals surface area contributed by atoms with Crippen molar-refractivity contribution in [2.24, 2.45) is 5.73 Å². The Labute approximate surface area is 128 Å². The molecule has 3 N–H and O–H groups in total. The van der Waals surface area contributed by atoms with Crippen LogP contribution in [0.15, 0.2) is 30.3 Å². The number of halogens is 2. The van der Waals surface area contributed by atoms with Gasteiger partial charge in [-0.1, -0.05) is 41.9 Å². The number of nitrogens with one attached hydrogen (secondary N) is 1. The van der Waals surface area contributed by atoms with Gasteiger partial charge < -0.3 is 15.6 Å². The maximum atomic E-state index is 11.8. The monoisotopic (exact) mass is 311 g/mol. The highest BCUT2D eigenvalue weighted by Crippen LogP contribution is 2.36. The first-order valence-electron chi connectivity index (χ1n) is 6.17. The molecule has 0 atom stereocenters. The zero-order valence-electron chi connectivity index (χ0n) is 10.7. The lowest BCUT2D eigenvalue weighted by Crippen LogP contribution is -2.29. The molecule has 0 saturated carbocycles. The summed E-state index contributed by atoms with van der Waals surface area (Å²) in [6, 6.07) is 9.65. The van der Waals surface area contributed by atoms with Crippen molar-refractivity contribution in [1.29, 1.82) is 0 Å². The summed E-state index contributed by atoms with van der Waals surface area (Å²) in [4.78, 5) is 11.8. The molecule has 0 aliphatic carbocycles. The van der Waals surface area contributed by atoms with E-state index in [0.29, 0.717) is 17.3 Å². The van der Waals surface area contributed by atoms with Crippen molar-refractivity contribution >= 4 is 29.9 Å². The van der Waals surface area contributed by atoms with Crippen molar-refractivity contribution in [2.45, 2.75) is 13.1 Å². The number of amides is 1. The lowest BCUT2D eigenvalue weighted by atomic mass is 10.0. The Kier molecular flexibility index (Phi) is 4.38. The highest BCUT2D eigenvalue weighted by atomic mass is 35.5. The van der Waals surface area contributed by atoms with E-state index in [1.807, 2.05) is 34.9 Å². The Bertz CT molecular complexity index is 638. The second-order valence-electron chi connectivity index (χ2n) is 4.55. The third kappa shape index (κ3) is 2.30. The Morgan fingerprint density at radius 3 is 2.65 bits per heavy atom. The average molecular weight is 312 g/mol. The first-order chi connectivity index (χ1) is 9.20. The maximum Gasteiger partial charge on any atom is 0.251 e. The van der Waals surface area contributed by atoms with Gasteiger partial charge in [0, 0.05) is 30.9 Å². The van der Waals surface area contributed by atoms with Crippen LogP contribution in [0.3, 0.4) is 0 Å². The molecule has 1 aromatic carbocycles. The highest BCUT2D eigenvalue weighted by molar-refractivity contribution is 6.33. The number of fused-ring (bicyclic) bond motifs is 1. The van der Waals surface area contributed by atoms with E-state index in [0.717, 1.165) is 29.9 Å². The summed E-state index contributed by atoms with van der Waals surface area (Å²) in [5.74, 6) is -0.432. The second kappa shape index (κ2) is 5.87. The number of carbonyl (C=O) groups excluding carboxylic acids is 1. The van der Waals surface area contributed by atoms with E-state index in [9.17, 15) is 4.79 Å². The molecule has 0 bridgehead atoms. The largest absolute Gasteiger partial charge is 0.366 e. The summed E-state index contributed by atoms with van der Waals surface area (Å²) in [7, 11) is 0. The Balaban J connectivity index is 0.00000147. The SMILES string of the molecule is Cl.NC(=O)c1c(-c2ccccc2)c(Cl)n2c1CNCC2. The minimum Gasteiger partial charge on any atom is -0.366 e. The third-order valence-corrected chi connectivity index (χ3v) is 3.81. The van der Waals surface area contributed by atoms with Crippen molar-refractivity contribution in [3.8, 4) is 11.1 Å². The predicted octanol–water partition coefficient (Wildman–Crippen LogP) is 2.43. The smallest absolute Gasteiger partial charge is 0.251 e. The Hall–Kier alpha value is -1.49. The molecular formula is C14H15Cl2N3O. The molecule has 1 aromatic heterocycles. The Morgan fingerprint density at radius 2 is 2.00 bits per heavy atom. The summed E-state index contributed by atoms with van der Waals surface area (Å²) < 4.78 is 1.97. The average Bonchev–Trinajstić information content (AvgIpc) is 2.74. The summed E-state index contributed by atoms with van der Waals surface area (Å²) in [5, 5.41) is 3.83. The first kappa shape index (κ1) is 14.9. The molecule has 4 nitrogen and oxygen atoms in total. The van der Waals surface area contributed by atoms with E-state index in [-0.39, 0.29) is 12.4 Å². The number of hydrogen-bond acceptors (Lipinski definition) is 2. The van der Waals surface area contributed by atoms with Crippen LogP contribution < -0.4 is 11.1 Å². The molecule has 1 amide bonds. The molecule has 1 aliphatic rings. The number of carbonyl (C=O) groups is 1. The number of hydrogen-bond donors (Lipinski definition) is 2. The first-order valence-corrected chi connectivity index (χ1v) is 6.54. The molecule has 0 radical (unpaired) electrons. The molecule has 0 saturated heterocycles. The van der Waals surface area contributed by atoms with Crippen LogP contribution in [0.2, 0.25) is 5.15 Å². The zero-order valence-corrected chi connectivity index (χ0v) is 12.3. The fourth-order valence-corrected chi connectivity index (χ4v) is 2.97. The fraction of sp³-hybridized carbons (Fsp3) is 0.214. The predicted molar refractivity (Wildman–Crippen MR) is 82.4 cm³/mol. The maximum absolute atomic E-state index is 11.8. The van der Waals surface area contributed by atoms with E-state index in [4.69, 9.17) is 17.3 Å². The highest BCUT2D eigenvalue weighted by Gasteiger charge is 2.27. The number of primary amides is 1. The number of benzene rings is 1. The minimum absolute atomic E-state index is 0. The van der Waals surface area contributed by atoms with Crippen LogP contribution in [0.1, 0.15) is 16.1 Å². The molecule has 20 heavy (non-hydrogen) atoms. The number of nitrogens with two attached hydrogens (primary N) is 1. The second-order valence-corrected chi connectivity index (χ2v) is 4.90. The number of rotatable bonds is 2. The van der Waals surface area contributed by atoms with Crippen LogP contribution in [0.25, 0.3) is 11.1 Å². The van der Waals surface area contributed by atoms with Crippen molar-refractivity contribution in [3.05, 3.63) is 46.7 Å². The van der Waals surface area contributed by atoms with Gasteiger partial charge in [-0.15, -0.1) is 12.4 Å². The molecule has 1 aliphatic heterocycles. The van der Waals surface area contributed by atoms with Gasteiger partial charge in [0.1, 0.15) is 5.15 Å². The standard InChI is InChI=1S/C14H14ClN3O.ClH/c15-13-11(9-4-2-1-3-5-9)12(14(16)19)10-8-17-6-7-18(10)13;/h1-5,17H,6-8H2,(H2,16,19);1H. The fourth-order valence-electron chi connectivity index (χ4n) is 2.58. The van der Waals surface area contributed by atoms with Crippen LogP contribution in [-0.2, 0) is 13.1 Å². The summed E-state index contributed by atoms with van der Waals surface area (Å²) in [6.07, 6.45) is 0. The summed E-state index contributed by atoms with van der Waals surface area (Å²) in [5.41, 5.74) is 8.62. The van der Waals surface area contributed by atoms with E-state index in [1.165, 1.54) is 0 Å². The van der Waals surface area contributed by atoms with Crippen LogP contribution in [0.5, 0.6) is 0 Å². The molecule has 2 aromatic rings. The van der Waals surface area contributed by atoms with E-state index < -0.39 is 5.91 Å². The molecule has 3 rings (SSSR count). The molecule has 2 heterocycles. The molecule has 0 fully saturated rings. The van der Waals surface area contributed by atoms with Gasteiger partial charge in [0.15, 0.2) is 0 Å². The lowest BCUT2D eigenvalue weighted by Gasteiger charge is -2.17. The topological polar surface area (TPSA) is 60.1 Å². The van der Waals surface area contributed by atoms with Crippen molar-refractivity contribution in [1.82, 2.24) is 9.88 Å². The number of nitrogens with zero attached hydrogens (tertiary/aromatic N) is 1. The van der Waals surface area contributed by atoms with Crippen LogP contribution >= 0.6 is 24.0 Å². The van der Waals surface area contributed by atoms with Crippen LogP contribution in [0, 0.1) is 0 Å². The van der Waals surface area contributed by atoms with Crippen molar-refractivity contribution in [2.75, 3.05) is 6.54 Å². The van der Waals surface area contributed by atoms with E-state index >= 15 is 0 Å².